The smallest absolute Gasteiger partial charge is 0.168 e. The van der Waals surface area contributed by atoms with Crippen LogP contribution in [0, 0.1) is 16.7 Å². The van der Waals surface area contributed by atoms with E-state index in [1.165, 1.54) is 0 Å². The maximum Gasteiger partial charge on any atom is 0.168 e. The Kier molecular flexibility index (Phi) is 4.50. The van der Waals surface area contributed by atoms with Gasteiger partial charge in [0, 0.05) is 18.9 Å². The maximum absolute atomic E-state index is 9.06. The summed E-state index contributed by atoms with van der Waals surface area (Å²) in [7, 11) is 2.17. The van der Waals surface area contributed by atoms with E-state index in [-0.39, 0.29) is 11.2 Å². The number of hydrogen-bond acceptors (Lipinski definition) is 4. The normalized spacial score (nSPS) is 23.9. The molecular formula is C15H26N2O2. The molecule has 0 aromatic carbocycles. The maximum atomic E-state index is 9.06. The molecule has 0 aromatic heterocycles. The summed E-state index contributed by atoms with van der Waals surface area (Å²) in [4.78, 5) is 2.40. The molecule has 1 aliphatic carbocycles. The predicted octanol–water partition coefficient (Wildman–Crippen LogP) is 2.54. The molecule has 1 saturated carbocycles. The Morgan fingerprint density at radius 3 is 2.37 bits per heavy atom. The Hall–Kier alpha value is -0.630. The lowest BCUT2D eigenvalue weighted by molar-refractivity contribution is -0.183. The third kappa shape index (κ3) is 3.68. The van der Waals surface area contributed by atoms with Gasteiger partial charge in [-0.25, -0.2) is 0 Å². The van der Waals surface area contributed by atoms with Crippen molar-refractivity contribution < 1.29 is 9.47 Å². The van der Waals surface area contributed by atoms with Crippen molar-refractivity contribution in [2.45, 2.75) is 57.8 Å². The molecule has 108 valence electrons. The second kappa shape index (κ2) is 5.78. The van der Waals surface area contributed by atoms with Crippen molar-refractivity contribution in [3.8, 4) is 6.07 Å². The van der Waals surface area contributed by atoms with Gasteiger partial charge < -0.3 is 14.4 Å². The minimum Gasteiger partial charge on any atom is -0.348 e. The van der Waals surface area contributed by atoms with Gasteiger partial charge >= 0.3 is 0 Å². The molecular weight excluding hydrogens is 240 g/mol. The molecule has 0 radical (unpaired) electrons. The van der Waals surface area contributed by atoms with Crippen molar-refractivity contribution in [2.24, 2.45) is 5.41 Å². The van der Waals surface area contributed by atoms with Gasteiger partial charge in [-0.1, -0.05) is 0 Å². The third-order valence-electron chi connectivity index (χ3n) is 4.55. The second-order valence-corrected chi connectivity index (χ2v) is 6.57. The monoisotopic (exact) mass is 266 g/mol. The van der Waals surface area contributed by atoms with Crippen molar-refractivity contribution in [1.82, 2.24) is 4.90 Å². The van der Waals surface area contributed by atoms with Crippen LogP contribution in [0.15, 0.2) is 0 Å². The Morgan fingerprint density at radius 1 is 1.26 bits per heavy atom. The molecule has 0 bridgehead atoms. The number of hydrogen-bond donors (Lipinski definition) is 0. The van der Waals surface area contributed by atoms with Crippen LogP contribution >= 0.6 is 0 Å². The number of nitriles is 1. The number of nitrogens with zero attached hydrogens (tertiary/aromatic N) is 2. The standard InChI is InChI=1S/C15H26N2O2/c1-14(2,12-16)8-9-17(3)13-4-6-15(7-5-13)18-10-11-19-15/h13H,4-11H2,1-3H3. The molecule has 0 amide bonds. The Balaban J connectivity index is 1.76. The summed E-state index contributed by atoms with van der Waals surface area (Å²) < 4.78 is 11.5. The topological polar surface area (TPSA) is 45.5 Å². The van der Waals surface area contributed by atoms with E-state index >= 15 is 0 Å². The average Bonchev–Trinajstić information content (AvgIpc) is 2.85. The fourth-order valence-corrected chi connectivity index (χ4v) is 2.96. The van der Waals surface area contributed by atoms with Crippen LogP contribution in [-0.4, -0.2) is 43.5 Å². The molecule has 2 rings (SSSR count). The molecule has 1 aliphatic heterocycles. The zero-order valence-corrected chi connectivity index (χ0v) is 12.4. The first-order valence-corrected chi connectivity index (χ1v) is 7.36. The predicted molar refractivity (Wildman–Crippen MR) is 73.5 cm³/mol. The highest BCUT2D eigenvalue weighted by atomic mass is 16.7. The van der Waals surface area contributed by atoms with E-state index in [9.17, 15) is 0 Å². The summed E-state index contributed by atoms with van der Waals surface area (Å²) in [5.74, 6) is -0.261. The van der Waals surface area contributed by atoms with Crippen molar-refractivity contribution >= 4 is 0 Å². The molecule has 4 nitrogen and oxygen atoms in total. The van der Waals surface area contributed by atoms with E-state index in [0.29, 0.717) is 6.04 Å². The summed E-state index contributed by atoms with van der Waals surface area (Å²) in [6.45, 7) is 6.50. The van der Waals surface area contributed by atoms with Gasteiger partial charge in [0.1, 0.15) is 0 Å². The lowest BCUT2D eigenvalue weighted by atomic mass is 9.87. The summed E-state index contributed by atoms with van der Waals surface area (Å²) >= 11 is 0. The van der Waals surface area contributed by atoms with Crippen molar-refractivity contribution in [2.75, 3.05) is 26.8 Å². The zero-order valence-electron chi connectivity index (χ0n) is 12.4. The van der Waals surface area contributed by atoms with Gasteiger partial charge in [0.15, 0.2) is 5.79 Å². The summed E-state index contributed by atoms with van der Waals surface area (Å²) in [6, 6.07) is 2.98. The molecule has 1 spiro atoms. The lowest BCUT2D eigenvalue weighted by Crippen LogP contribution is -2.43. The quantitative estimate of drug-likeness (QED) is 0.784. The average molecular weight is 266 g/mol. The minimum atomic E-state index is -0.261. The Bertz CT molecular complexity index is 333. The van der Waals surface area contributed by atoms with E-state index < -0.39 is 0 Å². The van der Waals surface area contributed by atoms with Crippen LogP contribution in [0.4, 0.5) is 0 Å². The van der Waals surface area contributed by atoms with Crippen molar-refractivity contribution in [3.63, 3.8) is 0 Å². The SMILES string of the molecule is CN(CCC(C)(C)C#N)C1CCC2(CC1)OCCO2. The van der Waals surface area contributed by atoms with Crippen LogP contribution in [-0.2, 0) is 9.47 Å². The molecule has 0 aromatic rings. The summed E-state index contributed by atoms with van der Waals surface area (Å²) in [5.41, 5.74) is -0.220. The van der Waals surface area contributed by atoms with Gasteiger partial charge in [-0.15, -0.1) is 0 Å². The van der Waals surface area contributed by atoms with Gasteiger partial charge in [0.05, 0.1) is 24.7 Å². The first kappa shape index (κ1) is 14.8. The van der Waals surface area contributed by atoms with Crippen LogP contribution in [0.2, 0.25) is 0 Å². The minimum absolute atomic E-state index is 0.220. The van der Waals surface area contributed by atoms with Crippen molar-refractivity contribution in [1.29, 1.82) is 5.26 Å². The van der Waals surface area contributed by atoms with Gasteiger partial charge in [-0.05, 0) is 46.7 Å². The third-order valence-corrected chi connectivity index (χ3v) is 4.55. The first-order chi connectivity index (χ1) is 8.96. The van der Waals surface area contributed by atoms with E-state index in [1.807, 2.05) is 13.8 Å². The van der Waals surface area contributed by atoms with Gasteiger partial charge in [-0.2, -0.15) is 5.26 Å². The highest BCUT2D eigenvalue weighted by Crippen LogP contribution is 2.37. The zero-order chi connectivity index (χ0) is 13.9. The molecule has 0 atom stereocenters. The molecule has 1 saturated heterocycles. The molecule has 2 fully saturated rings. The number of ether oxygens (including phenoxy) is 2. The van der Waals surface area contributed by atoms with Crippen LogP contribution in [0.25, 0.3) is 0 Å². The van der Waals surface area contributed by atoms with Crippen molar-refractivity contribution in [3.05, 3.63) is 0 Å². The van der Waals surface area contributed by atoms with E-state index in [0.717, 1.165) is 51.9 Å². The Labute approximate surface area is 116 Å². The molecule has 19 heavy (non-hydrogen) atoms. The second-order valence-electron chi connectivity index (χ2n) is 6.57. The van der Waals surface area contributed by atoms with Crippen LogP contribution in [0.3, 0.4) is 0 Å². The fraction of sp³-hybridized carbons (Fsp3) is 0.933. The number of rotatable bonds is 4. The van der Waals surface area contributed by atoms with E-state index in [2.05, 4.69) is 18.0 Å². The first-order valence-electron chi connectivity index (χ1n) is 7.36. The summed E-state index contributed by atoms with van der Waals surface area (Å²) in [6.07, 6.45) is 5.19. The largest absolute Gasteiger partial charge is 0.348 e. The lowest BCUT2D eigenvalue weighted by Gasteiger charge is -2.39. The van der Waals surface area contributed by atoms with Crippen LogP contribution in [0.5, 0.6) is 0 Å². The highest BCUT2D eigenvalue weighted by Gasteiger charge is 2.41. The molecule has 2 aliphatic rings. The molecule has 4 heteroatoms. The van der Waals surface area contributed by atoms with Crippen LogP contribution < -0.4 is 0 Å². The van der Waals surface area contributed by atoms with E-state index in [1.54, 1.807) is 0 Å². The van der Waals surface area contributed by atoms with E-state index in [4.69, 9.17) is 14.7 Å². The van der Waals surface area contributed by atoms with Crippen LogP contribution in [0.1, 0.15) is 46.0 Å². The fourth-order valence-electron chi connectivity index (χ4n) is 2.96. The van der Waals surface area contributed by atoms with Gasteiger partial charge in [0.2, 0.25) is 0 Å². The molecule has 0 unspecified atom stereocenters. The highest BCUT2D eigenvalue weighted by molar-refractivity contribution is 4.93. The summed E-state index contributed by atoms with van der Waals surface area (Å²) in [5, 5.41) is 9.06. The van der Waals surface area contributed by atoms with Gasteiger partial charge in [0.25, 0.3) is 0 Å². The Morgan fingerprint density at radius 2 is 1.84 bits per heavy atom. The van der Waals surface area contributed by atoms with Gasteiger partial charge in [-0.3, -0.25) is 0 Å². The molecule has 1 heterocycles. The molecule has 0 N–H and O–H groups in total.